The smallest absolute Gasteiger partial charge is 0.340 e. The third kappa shape index (κ3) is 2.09. The molecule has 0 aliphatic heterocycles. The van der Waals surface area contributed by atoms with Crippen LogP contribution in [-0.4, -0.2) is 18.1 Å². The number of carbonyl (C=O) groups excluding carboxylic acids is 1. The van der Waals surface area contributed by atoms with Crippen molar-refractivity contribution in [3.8, 4) is 0 Å². The second-order valence-corrected chi connectivity index (χ2v) is 5.30. The number of carbonyl (C=O) groups is 1. The molecule has 0 unspecified atom stereocenters. The standard InChI is InChI=1S/C12H8BrCl2NO2/c1-5-3-7(13)11-8(9(5)14)10(15)6(4-16-11)12(17)18-2/h3-4H,1-2H3. The van der Waals surface area contributed by atoms with E-state index in [0.29, 0.717) is 15.9 Å². The van der Waals surface area contributed by atoms with E-state index in [-0.39, 0.29) is 10.6 Å². The van der Waals surface area contributed by atoms with Crippen molar-refractivity contribution in [2.45, 2.75) is 6.92 Å². The van der Waals surface area contributed by atoms with Gasteiger partial charge in [-0.25, -0.2) is 4.79 Å². The van der Waals surface area contributed by atoms with Gasteiger partial charge in [-0.15, -0.1) is 0 Å². The zero-order valence-electron chi connectivity index (χ0n) is 9.55. The normalized spacial score (nSPS) is 10.7. The molecule has 3 nitrogen and oxygen atoms in total. The van der Waals surface area contributed by atoms with Gasteiger partial charge in [0.15, 0.2) is 0 Å². The number of esters is 1. The van der Waals surface area contributed by atoms with Gasteiger partial charge in [-0.3, -0.25) is 4.98 Å². The van der Waals surface area contributed by atoms with E-state index in [9.17, 15) is 4.79 Å². The van der Waals surface area contributed by atoms with Gasteiger partial charge >= 0.3 is 5.97 Å². The van der Waals surface area contributed by atoms with Gasteiger partial charge in [-0.1, -0.05) is 23.2 Å². The number of aryl methyl sites for hydroxylation is 1. The molecule has 0 saturated carbocycles. The van der Waals surface area contributed by atoms with Crippen LogP contribution in [0.4, 0.5) is 0 Å². The summed E-state index contributed by atoms with van der Waals surface area (Å²) in [5, 5.41) is 1.28. The van der Waals surface area contributed by atoms with Crippen LogP contribution in [0.1, 0.15) is 15.9 Å². The number of halogens is 3. The van der Waals surface area contributed by atoms with Crippen molar-refractivity contribution in [1.82, 2.24) is 4.98 Å². The molecule has 0 atom stereocenters. The molecule has 2 rings (SSSR count). The van der Waals surface area contributed by atoms with Gasteiger partial charge < -0.3 is 4.74 Å². The molecule has 1 aromatic heterocycles. The lowest BCUT2D eigenvalue weighted by Gasteiger charge is -2.10. The van der Waals surface area contributed by atoms with Gasteiger partial charge in [-0.05, 0) is 34.5 Å². The highest BCUT2D eigenvalue weighted by molar-refractivity contribution is 9.10. The number of hydrogen-bond donors (Lipinski definition) is 0. The average molecular weight is 349 g/mol. The zero-order chi connectivity index (χ0) is 13.4. The Labute approximate surface area is 122 Å². The molecule has 0 radical (unpaired) electrons. The molecule has 0 aliphatic rings. The molecule has 0 bridgehead atoms. The van der Waals surface area contributed by atoms with Gasteiger partial charge in [0.1, 0.15) is 0 Å². The van der Waals surface area contributed by atoms with E-state index >= 15 is 0 Å². The van der Waals surface area contributed by atoms with Crippen LogP contribution >= 0.6 is 39.1 Å². The molecule has 0 aliphatic carbocycles. The van der Waals surface area contributed by atoms with E-state index in [1.807, 2.05) is 13.0 Å². The predicted octanol–water partition coefficient (Wildman–Crippen LogP) is 4.40. The first-order valence-corrected chi connectivity index (χ1v) is 6.53. The summed E-state index contributed by atoms with van der Waals surface area (Å²) in [5.41, 5.74) is 1.66. The number of aromatic nitrogens is 1. The Kier molecular flexibility index (Phi) is 3.80. The second-order valence-electron chi connectivity index (χ2n) is 3.69. The maximum absolute atomic E-state index is 11.6. The molecule has 0 saturated heterocycles. The molecule has 1 heterocycles. The first kappa shape index (κ1) is 13.6. The quantitative estimate of drug-likeness (QED) is 0.717. The van der Waals surface area contributed by atoms with Crippen LogP contribution in [0, 0.1) is 6.92 Å². The lowest BCUT2D eigenvalue weighted by molar-refractivity contribution is 0.0600. The highest BCUT2D eigenvalue weighted by Gasteiger charge is 2.18. The topological polar surface area (TPSA) is 39.2 Å². The first-order valence-electron chi connectivity index (χ1n) is 4.98. The molecule has 2 aromatic rings. The Morgan fingerprint density at radius 3 is 2.67 bits per heavy atom. The minimum absolute atomic E-state index is 0.200. The van der Waals surface area contributed by atoms with E-state index < -0.39 is 5.97 Å². The number of pyridine rings is 1. The fraction of sp³-hybridized carbons (Fsp3) is 0.167. The highest BCUT2D eigenvalue weighted by Crippen LogP contribution is 2.37. The van der Waals surface area contributed by atoms with Crippen molar-refractivity contribution >= 4 is 56.0 Å². The summed E-state index contributed by atoms with van der Waals surface area (Å²) in [6.07, 6.45) is 1.38. The summed E-state index contributed by atoms with van der Waals surface area (Å²) in [6, 6.07) is 1.85. The number of ether oxygens (including phenoxy) is 1. The van der Waals surface area contributed by atoms with Crippen molar-refractivity contribution < 1.29 is 9.53 Å². The summed E-state index contributed by atoms with van der Waals surface area (Å²) in [4.78, 5) is 15.8. The molecular formula is C12H8BrCl2NO2. The number of methoxy groups -OCH3 is 1. The molecule has 6 heteroatoms. The van der Waals surface area contributed by atoms with E-state index in [4.69, 9.17) is 23.2 Å². The minimum Gasteiger partial charge on any atom is -0.465 e. The largest absolute Gasteiger partial charge is 0.465 e. The van der Waals surface area contributed by atoms with Crippen LogP contribution in [0.5, 0.6) is 0 Å². The number of hydrogen-bond acceptors (Lipinski definition) is 3. The van der Waals surface area contributed by atoms with Crippen LogP contribution in [0.25, 0.3) is 10.9 Å². The van der Waals surface area contributed by atoms with Gasteiger partial charge in [0, 0.05) is 16.1 Å². The van der Waals surface area contributed by atoms with Crippen LogP contribution in [0.3, 0.4) is 0 Å². The lowest BCUT2D eigenvalue weighted by atomic mass is 10.1. The van der Waals surface area contributed by atoms with Crippen LogP contribution in [-0.2, 0) is 4.74 Å². The molecule has 1 aromatic carbocycles. The summed E-state index contributed by atoms with van der Waals surface area (Å²) < 4.78 is 5.42. The number of nitrogens with zero attached hydrogens (tertiary/aromatic N) is 1. The summed E-state index contributed by atoms with van der Waals surface area (Å²) in [5.74, 6) is -0.539. The van der Waals surface area contributed by atoms with Crippen molar-refractivity contribution in [3.05, 3.63) is 37.9 Å². The lowest BCUT2D eigenvalue weighted by Crippen LogP contribution is -2.03. The highest BCUT2D eigenvalue weighted by atomic mass is 79.9. The molecule has 0 amide bonds. The van der Waals surface area contributed by atoms with Gasteiger partial charge in [0.25, 0.3) is 0 Å². The molecule has 0 spiro atoms. The van der Waals surface area contributed by atoms with Crippen LogP contribution < -0.4 is 0 Å². The Balaban J connectivity index is 2.89. The van der Waals surface area contributed by atoms with E-state index in [2.05, 4.69) is 25.7 Å². The van der Waals surface area contributed by atoms with Crippen molar-refractivity contribution in [3.63, 3.8) is 0 Å². The second kappa shape index (κ2) is 5.03. The van der Waals surface area contributed by atoms with Crippen LogP contribution in [0.15, 0.2) is 16.7 Å². The van der Waals surface area contributed by atoms with Crippen molar-refractivity contribution in [1.29, 1.82) is 0 Å². The Morgan fingerprint density at radius 2 is 2.06 bits per heavy atom. The maximum Gasteiger partial charge on any atom is 0.340 e. The Bertz CT molecular complexity index is 658. The maximum atomic E-state index is 11.6. The summed E-state index contributed by atoms with van der Waals surface area (Å²) >= 11 is 15.8. The van der Waals surface area contributed by atoms with E-state index in [1.165, 1.54) is 13.3 Å². The monoisotopic (exact) mass is 347 g/mol. The summed E-state index contributed by atoms with van der Waals surface area (Å²) in [6.45, 7) is 1.85. The fourth-order valence-electron chi connectivity index (χ4n) is 1.64. The van der Waals surface area contributed by atoms with Crippen molar-refractivity contribution in [2.24, 2.45) is 0 Å². The summed E-state index contributed by atoms with van der Waals surface area (Å²) in [7, 11) is 1.29. The molecule has 94 valence electrons. The number of rotatable bonds is 1. The first-order chi connectivity index (χ1) is 8.47. The molecule has 18 heavy (non-hydrogen) atoms. The number of benzene rings is 1. The van der Waals surface area contributed by atoms with E-state index in [1.54, 1.807) is 0 Å². The zero-order valence-corrected chi connectivity index (χ0v) is 12.7. The average Bonchev–Trinajstić information content (AvgIpc) is 2.35. The third-order valence-electron chi connectivity index (χ3n) is 2.56. The third-order valence-corrected chi connectivity index (χ3v) is 4.04. The fourth-order valence-corrected chi connectivity index (χ4v) is 2.88. The molecule has 0 N–H and O–H groups in total. The molecular weight excluding hydrogens is 341 g/mol. The van der Waals surface area contributed by atoms with Gasteiger partial charge in [0.05, 0.1) is 28.2 Å². The van der Waals surface area contributed by atoms with Crippen LogP contribution in [0.2, 0.25) is 10.0 Å². The van der Waals surface area contributed by atoms with E-state index in [0.717, 1.165) is 10.0 Å². The Morgan fingerprint density at radius 1 is 1.39 bits per heavy atom. The van der Waals surface area contributed by atoms with Gasteiger partial charge in [0.2, 0.25) is 0 Å². The SMILES string of the molecule is COC(=O)c1cnc2c(Br)cc(C)c(Cl)c2c1Cl. The Hall–Kier alpha value is -0.840. The van der Waals surface area contributed by atoms with Gasteiger partial charge in [-0.2, -0.15) is 0 Å². The molecule has 0 fully saturated rings. The van der Waals surface area contributed by atoms with Crippen molar-refractivity contribution in [2.75, 3.05) is 7.11 Å². The number of fused-ring (bicyclic) bond motifs is 1. The predicted molar refractivity (Wildman–Crippen MR) is 75.5 cm³/mol. The minimum atomic E-state index is -0.539.